The normalized spacial score (nSPS) is 16.2. The van der Waals surface area contributed by atoms with E-state index in [2.05, 4.69) is 27.4 Å². The number of hydrogen-bond donors (Lipinski definition) is 1. The van der Waals surface area contributed by atoms with E-state index in [1.54, 1.807) is 27.9 Å². The van der Waals surface area contributed by atoms with Gasteiger partial charge in [0.1, 0.15) is 34.7 Å². The molecule has 0 aliphatic carbocycles. The number of fused-ring (bicyclic) bond motifs is 1. The van der Waals surface area contributed by atoms with Gasteiger partial charge in [-0.2, -0.15) is 20.7 Å². The zero-order chi connectivity index (χ0) is 24.1. The Morgan fingerprint density at radius 3 is 2.74 bits per heavy atom. The van der Waals surface area contributed by atoms with Gasteiger partial charge < -0.3 is 15.5 Å². The Morgan fingerprint density at radius 1 is 1.29 bits per heavy atom. The molecule has 1 aliphatic heterocycles. The third-order valence-corrected chi connectivity index (χ3v) is 5.83. The molecule has 10 heteroatoms. The van der Waals surface area contributed by atoms with Crippen LogP contribution in [0.1, 0.15) is 49.6 Å². The highest BCUT2D eigenvalue weighted by Gasteiger charge is 2.21. The maximum absolute atomic E-state index is 9.57. The highest BCUT2D eigenvalue weighted by molar-refractivity contribution is 6.47. The lowest BCUT2D eigenvalue weighted by molar-refractivity contribution is 0.224. The molecule has 2 N–H and O–H groups in total. The lowest BCUT2D eigenvalue weighted by atomic mass is 10.0. The summed E-state index contributed by atoms with van der Waals surface area (Å²) in [6, 6.07) is 9.69. The Labute approximate surface area is 197 Å². The van der Waals surface area contributed by atoms with Gasteiger partial charge in [0.05, 0.1) is 23.6 Å². The number of piperidine rings is 1. The number of rotatable bonds is 6. The number of aliphatic imine (C=N–C) groups is 1. The van der Waals surface area contributed by atoms with Crippen LogP contribution in [-0.4, -0.2) is 50.1 Å². The van der Waals surface area contributed by atoms with Crippen molar-refractivity contribution in [3.8, 4) is 18.0 Å². The second-order valence-electron chi connectivity index (χ2n) is 8.08. The molecule has 3 aromatic rings. The van der Waals surface area contributed by atoms with Gasteiger partial charge in [0.2, 0.25) is 0 Å². The Kier molecular flexibility index (Phi) is 6.69. The topological polar surface area (TPSA) is 141 Å². The van der Waals surface area contributed by atoms with Gasteiger partial charge in [-0.05, 0) is 44.9 Å². The molecule has 1 saturated heterocycles. The number of likely N-dealkylation sites (tertiary alicyclic amines) is 1. The summed E-state index contributed by atoms with van der Waals surface area (Å²) in [7, 11) is 0. The number of nitrogens with zero attached hydrogens (tertiary/aromatic N) is 8. The van der Waals surface area contributed by atoms with Crippen LogP contribution in [-0.2, 0) is 0 Å². The molecule has 10 nitrogen and oxygen atoms in total. The highest BCUT2D eigenvalue weighted by atomic mass is 16.5. The predicted octanol–water partition coefficient (Wildman–Crippen LogP) is 2.81. The number of aromatic nitrogens is 3. The van der Waals surface area contributed by atoms with E-state index in [4.69, 9.17) is 20.8 Å². The molecular formula is C24H25N9O. The number of hydrazone groups is 1. The minimum atomic E-state index is -0.361. The van der Waals surface area contributed by atoms with Crippen LogP contribution in [0, 0.1) is 22.8 Å². The van der Waals surface area contributed by atoms with Gasteiger partial charge in [-0.3, -0.25) is 9.98 Å². The van der Waals surface area contributed by atoms with E-state index in [9.17, 15) is 5.26 Å². The second kappa shape index (κ2) is 10.0. The predicted molar refractivity (Wildman–Crippen MR) is 127 cm³/mol. The average molecular weight is 456 g/mol. The summed E-state index contributed by atoms with van der Waals surface area (Å²) in [5.41, 5.74) is 3.59. The quantitative estimate of drug-likeness (QED) is 0.261. The van der Waals surface area contributed by atoms with Gasteiger partial charge in [-0.1, -0.05) is 6.07 Å². The van der Waals surface area contributed by atoms with Crippen LogP contribution < -0.4 is 10.6 Å². The summed E-state index contributed by atoms with van der Waals surface area (Å²) in [5, 5.41) is 27.0. The molecule has 0 amide bonds. The number of hydrogen-bond acceptors (Lipinski definition) is 9. The van der Waals surface area contributed by atoms with Crippen LogP contribution in [0.2, 0.25) is 0 Å². The van der Waals surface area contributed by atoms with Gasteiger partial charge >= 0.3 is 0 Å². The van der Waals surface area contributed by atoms with Crippen molar-refractivity contribution in [3.63, 3.8) is 0 Å². The molecule has 4 heterocycles. The number of nitriles is 2. The first-order chi connectivity index (χ1) is 16.5. The van der Waals surface area contributed by atoms with Crippen LogP contribution in [0.4, 0.5) is 0 Å². The molecule has 0 spiro atoms. The van der Waals surface area contributed by atoms with Gasteiger partial charge in [0, 0.05) is 31.0 Å². The van der Waals surface area contributed by atoms with Gasteiger partial charge in [0.15, 0.2) is 6.19 Å². The van der Waals surface area contributed by atoms with E-state index in [-0.39, 0.29) is 12.1 Å². The van der Waals surface area contributed by atoms with Crippen molar-refractivity contribution in [1.29, 1.82) is 10.5 Å². The molecule has 1 unspecified atom stereocenters. The number of nitrogens with two attached hydrogens (primary N) is 1. The van der Waals surface area contributed by atoms with Crippen LogP contribution >= 0.6 is 0 Å². The fraction of sp³-hybridized carbons (Fsp3) is 0.333. The molecule has 34 heavy (non-hydrogen) atoms. The van der Waals surface area contributed by atoms with Crippen molar-refractivity contribution in [3.05, 3.63) is 59.7 Å². The summed E-state index contributed by atoms with van der Waals surface area (Å²) in [6.45, 7) is 5.14. The maximum atomic E-state index is 9.57. The molecule has 0 saturated carbocycles. The van der Waals surface area contributed by atoms with E-state index in [1.165, 1.54) is 6.20 Å². The van der Waals surface area contributed by atoms with Gasteiger partial charge in [0.25, 0.3) is 0 Å². The lowest BCUT2D eigenvalue weighted by Gasteiger charge is -2.26. The maximum Gasteiger partial charge on any atom is 0.179 e. The molecule has 172 valence electrons. The Morgan fingerprint density at radius 2 is 2.09 bits per heavy atom. The van der Waals surface area contributed by atoms with Crippen molar-refractivity contribution in [2.24, 2.45) is 15.9 Å². The summed E-state index contributed by atoms with van der Waals surface area (Å²) in [6.07, 6.45) is 8.38. The minimum absolute atomic E-state index is 0.0971. The number of ether oxygens (including phenoxy) is 1. The van der Waals surface area contributed by atoms with Crippen LogP contribution in [0.15, 0.2) is 52.9 Å². The minimum Gasteiger partial charge on any atom is -0.482 e. The van der Waals surface area contributed by atoms with Gasteiger partial charge in [-0.25, -0.2) is 4.52 Å². The average Bonchev–Trinajstić information content (AvgIpc) is 3.29. The zero-order valence-corrected chi connectivity index (χ0v) is 19.1. The third kappa shape index (κ3) is 4.66. The van der Waals surface area contributed by atoms with Crippen molar-refractivity contribution < 1.29 is 4.74 Å². The van der Waals surface area contributed by atoms with Crippen molar-refractivity contribution in [2.45, 2.75) is 38.8 Å². The van der Waals surface area contributed by atoms with E-state index < -0.39 is 0 Å². The first kappa shape index (κ1) is 22.7. The van der Waals surface area contributed by atoms with Crippen LogP contribution in [0.25, 0.3) is 5.52 Å². The lowest BCUT2D eigenvalue weighted by Crippen LogP contribution is -2.32. The van der Waals surface area contributed by atoms with Crippen LogP contribution in [0.5, 0.6) is 5.75 Å². The standard InChI is InChI=1S/C24H25N9O/c1-16(30-20-6-9-32(15-26)10-7-20)23(31-27)18-11-22(24-19(12-25)13-29-33(24)14-18)34-17(2)21-5-3-4-8-28-21/h3-5,8,11,13-14,17,20H,6-7,9-10,27H2,1-2H3/b30-16?,31-23+. The summed E-state index contributed by atoms with van der Waals surface area (Å²) in [4.78, 5) is 10.9. The zero-order valence-electron chi connectivity index (χ0n) is 19.1. The summed E-state index contributed by atoms with van der Waals surface area (Å²) in [5.74, 6) is 6.27. The Balaban J connectivity index is 1.69. The van der Waals surface area contributed by atoms with Crippen molar-refractivity contribution in [2.75, 3.05) is 13.1 Å². The molecule has 1 fully saturated rings. The SMILES string of the molecule is CC(=NC1CCN(C#N)CC1)/C(=N\N)c1cc(OC(C)c2ccccn2)c2c(C#N)cnn2c1. The monoisotopic (exact) mass is 455 g/mol. The van der Waals surface area contributed by atoms with Crippen molar-refractivity contribution in [1.82, 2.24) is 19.5 Å². The second-order valence-corrected chi connectivity index (χ2v) is 8.08. The first-order valence-corrected chi connectivity index (χ1v) is 11.0. The first-order valence-electron chi connectivity index (χ1n) is 11.0. The molecule has 0 radical (unpaired) electrons. The Hall–Kier alpha value is -4.44. The summed E-state index contributed by atoms with van der Waals surface area (Å²) >= 11 is 0. The largest absolute Gasteiger partial charge is 0.482 e. The molecule has 4 rings (SSSR count). The van der Waals surface area contributed by atoms with Crippen LogP contribution in [0.3, 0.4) is 0 Å². The fourth-order valence-corrected chi connectivity index (χ4v) is 4.06. The van der Waals surface area contributed by atoms with E-state index in [1.807, 2.05) is 32.0 Å². The molecule has 0 aromatic carbocycles. The Bertz CT molecular complexity index is 1310. The number of pyridine rings is 2. The van der Waals surface area contributed by atoms with Gasteiger partial charge in [-0.15, -0.1) is 0 Å². The smallest absolute Gasteiger partial charge is 0.179 e. The molecule has 0 bridgehead atoms. The fourth-order valence-electron chi connectivity index (χ4n) is 4.06. The van der Waals surface area contributed by atoms with E-state index in [0.29, 0.717) is 46.9 Å². The summed E-state index contributed by atoms with van der Waals surface area (Å²) < 4.78 is 7.85. The highest BCUT2D eigenvalue weighted by Crippen LogP contribution is 2.29. The third-order valence-electron chi connectivity index (χ3n) is 5.83. The molecule has 1 aliphatic rings. The van der Waals surface area contributed by atoms with Crippen molar-refractivity contribution >= 4 is 16.9 Å². The molecular weight excluding hydrogens is 430 g/mol. The molecule has 3 aromatic heterocycles. The molecule has 1 atom stereocenters. The van der Waals surface area contributed by atoms with E-state index >= 15 is 0 Å². The van der Waals surface area contributed by atoms with E-state index in [0.717, 1.165) is 18.5 Å².